The molecule has 2 unspecified atom stereocenters. The molecule has 1 aliphatic rings. The van der Waals surface area contributed by atoms with E-state index in [1.54, 1.807) is 0 Å². The summed E-state index contributed by atoms with van der Waals surface area (Å²) in [6.45, 7) is 6.86. The maximum Gasteiger partial charge on any atom is 0.138 e. The van der Waals surface area contributed by atoms with E-state index in [1.165, 1.54) is 12.5 Å². The summed E-state index contributed by atoms with van der Waals surface area (Å²) in [6.07, 6.45) is 4.28. The van der Waals surface area contributed by atoms with Crippen LogP contribution in [-0.4, -0.2) is 12.2 Å². The molecule has 1 saturated carbocycles. The molecular weight excluding hydrogens is 116 g/mol. The van der Waals surface area contributed by atoms with Gasteiger partial charge in [0.1, 0.15) is 12.2 Å². The van der Waals surface area contributed by atoms with E-state index in [1.807, 2.05) is 0 Å². The average molecular weight is 126 g/mol. The topological polar surface area (TPSA) is 18.5 Å². The monoisotopic (exact) mass is 126 g/mol. The highest BCUT2D eigenvalue weighted by Gasteiger charge is 2.40. The minimum atomic E-state index is 0.223. The molecule has 0 aromatic carbocycles. The SMILES string of the molecule is C=COC1CC1OC=C. The van der Waals surface area contributed by atoms with E-state index in [9.17, 15) is 0 Å². The first kappa shape index (κ1) is 6.20. The summed E-state index contributed by atoms with van der Waals surface area (Å²) in [6, 6.07) is 0. The molecule has 0 aromatic rings. The minimum Gasteiger partial charge on any atom is -0.495 e. The molecule has 50 valence electrons. The van der Waals surface area contributed by atoms with Gasteiger partial charge < -0.3 is 9.47 Å². The molecule has 1 rings (SSSR count). The van der Waals surface area contributed by atoms with Gasteiger partial charge in [0, 0.05) is 6.42 Å². The fourth-order valence-electron chi connectivity index (χ4n) is 0.684. The Kier molecular flexibility index (Phi) is 1.78. The van der Waals surface area contributed by atoms with Gasteiger partial charge in [0.15, 0.2) is 0 Å². The van der Waals surface area contributed by atoms with Crippen molar-refractivity contribution in [1.82, 2.24) is 0 Å². The molecule has 0 aliphatic heterocycles. The van der Waals surface area contributed by atoms with Crippen LogP contribution >= 0.6 is 0 Å². The molecule has 0 radical (unpaired) electrons. The fraction of sp³-hybridized carbons (Fsp3) is 0.429. The van der Waals surface area contributed by atoms with Crippen molar-refractivity contribution in [3.8, 4) is 0 Å². The third kappa shape index (κ3) is 1.49. The quantitative estimate of drug-likeness (QED) is 0.531. The lowest BCUT2D eigenvalue weighted by Gasteiger charge is -1.96. The molecule has 2 nitrogen and oxygen atoms in total. The normalized spacial score (nSPS) is 30.7. The summed E-state index contributed by atoms with van der Waals surface area (Å²) in [4.78, 5) is 0. The molecule has 1 aliphatic carbocycles. The second-order valence-electron chi connectivity index (χ2n) is 1.92. The van der Waals surface area contributed by atoms with Gasteiger partial charge in [-0.2, -0.15) is 0 Å². The highest BCUT2D eigenvalue weighted by molar-refractivity contribution is 4.91. The summed E-state index contributed by atoms with van der Waals surface area (Å²) in [7, 11) is 0. The van der Waals surface area contributed by atoms with Gasteiger partial charge in [-0.1, -0.05) is 13.2 Å². The Bertz CT molecular complexity index is 106. The molecule has 2 atom stereocenters. The first-order chi connectivity index (χ1) is 4.38. The van der Waals surface area contributed by atoms with Gasteiger partial charge >= 0.3 is 0 Å². The summed E-state index contributed by atoms with van der Waals surface area (Å²) in [5.41, 5.74) is 0. The molecule has 0 N–H and O–H groups in total. The molecule has 0 heterocycles. The lowest BCUT2D eigenvalue weighted by Crippen LogP contribution is -1.95. The van der Waals surface area contributed by atoms with E-state index < -0.39 is 0 Å². The Labute approximate surface area is 54.8 Å². The van der Waals surface area contributed by atoms with E-state index in [-0.39, 0.29) is 12.2 Å². The van der Waals surface area contributed by atoms with Gasteiger partial charge in [-0.05, 0) is 0 Å². The van der Waals surface area contributed by atoms with Gasteiger partial charge in [-0.15, -0.1) is 0 Å². The third-order valence-electron chi connectivity index (χ3n) is 1.22. The Morgan fingerprint density at radius 1 is 1.11 bits per heavy atom. The summed E-state index contributed by atoms with van der Waals surface area (Å²) in [5, 5.41) is 0. The average Bonchev–Trinajstić information content (AvgIpc) is 2.50. The van der Waals surface area contributed by atoms with Gasteiger partial charge in [-0.25, -0.2) is 0 Å². The molecule has 0 spiro atoms. The Morgan fingerprint density at radius 2 is 1.56 bits per heavy atom. The van der Waals surface area contributed by atoms with Crippen LogP contribution in [-0.2, 0) is 9.47 Å². The van der Waals surface area contributed by atoms with Crippen molar-refractivity contribution < 1.29 is 9.47 Å². The minimum absolute atomic E-state index is 0.223. The zero-order valence-electron chi connectivity index (χ0n) is 5.25. The van der Waals surface area contributed by atoms with Crippen LogP contribution in [0.2, 0.25) is 0 Å². The van der Waals surface area contributed by atoms with Crippen molar-refractivity contribution >= 4 is 0 Å². The lowest BCUT2D eigenvalue weighted by atomic mass is 10.8. The lowest BCUT2D eigenvalue weighted by molar-refractivity contribution is 0.145. The summed E-state index contributed by atoms with van der Waals surface area (Å²) >= 11 is 0. The van der Waals surface area contributed by atoms with Crippen LogP contribution in [0.3, 0.4) is 0 Å². The second kappa shape index (κ2) is 2.58. The molecule has 1 fully saturated rings. The van der Waals surface area contributed by atoms with Crippen molar-refractivity contribution in [3.05, 3.63) is 25.7 Å². The van der Waals surface area contributed by atoms with Crippen molar-refractivity contribution in [1.29, 1.82) is 0 Å². The Morgan fingerprint density at radius 3 is 1.89 bits per heavy atom. The van der Waals surface area contributed by atoms with E-state index in [2.05, 4.69) is 13.2 Å². The van der Waals surface area contributed by atoms with Gasteiger partial charge in [0.25, 0.3) is 0 Å². The van der Waals surface area contributed by atoms with E-state index in [0.717, 1.165) is 6.42 Å². The highest BCUT2D eigenvalue weighted by Crippen LogP contribution is 2.28. The molecular formula is C7H10O2. The van der Waals surface area contributed by atoms with Crippen molar-refractivity contribution in [2.45, 2.75) is 18.6 Å². The van der Waals surface area contributed by atoms with Crippen LogP contribution in [0.5, 0.6) is 0 Å². The Hall–Kier alpha value is -0.920. The van der Waals surface area contributed by atoms with Crippen LogP contribution in [0, 0.1) is 0 Å². The molecule has 0 saturated heterocycles. The predicted octanol–water partition coefficient (Wildman–Crippen LogP) is 1.45. The van der Waals surface area contributed by atoms with Crippen molar-refractivity contribution in [2.75, 3.05) is 0 Å². The largest absolute Gasteiger partial charge is 0.495 e. The zero-order valence-corrected chi connectivity index (χ0v) is 5.25. The molecule has 0 aromatic heterocycles. The van der Waals surface area contributed by atoms with Gasteiger partial charge in [0.05, 0.1) is 12.5 Å². The molecule has 2 heteroatoms. The fourth-order valence-corrected chi connectivity index (χ4v) is 0.684. The third-order valence-corrected chi connectivity index (χ3v) is 1.22. The first-order valence-corrected chi connectivity index (χ1v) is 2.91. The van der Waals surface area contributed by atoms with Crippen LogP contribution in [0.4, 0.5) is 0 Å². The van der Waals surface area contributed by atoms with Crippen molar-refractivity contribution in [2.24, 2.45) is 0 Å². The zero-order chi connectivity index (χ0) is 6.69. The molecule has 0 bridgehead atoms. The second-order valence-corrected chi connectivity index (χ2v) is 1.92. The number of hydrogen-bond acceptors (Lipinski definition) is 2. The van der Waals surface area contributed by atoms with Crippen LogP contribution in [0.25, 0.3) is 0 Å². The smallest absolute Gasteiger partial charge is 0.138 e. The number of hydrogen-bond donors (Lipinski definition) is 0. The predicted molar refractivity (Wildman–Crippen MR) is 34.8 cm³/mol. The van der Waals surface area contributed by atoms with Crippen LogP contribution in [0.15, 0.2) is 25.7 Å². The van der Waals surface area contributed by atoms with Crippen LogP contribution in [0.1, 0.15) is 6.42 Å². The molecule has 9 heavy (non-hydrogen) atoms. The van der Waals surface area contributed by atoms with E-state index >= 15 is 0 Å². The van der Waals surface area contributed by atoms with E-state index in [4.69, 9.17) is 9.47 Å². The Balaban J connectivity index is 2.09. The maximum absolute atomic E-state index is 5.01. The van der Waals surface area contributed by atoms with Crippen molar-refractivity contribution in [3.63, 3.8) is 0 Å². The van der Waals surface area contributed by atoms with Crippen LogP contribution < -0.4 is 0 Å². The number of ether oxygens (including phenoxy) is 2. The van der Waals surface area contributed by atoms with Gasteiger partial charge in [0.2, 0.25) is 0 Å². The van der Waals surface area contributed by atoms with Gasteiger partial charge in [-0.3, -0.25) is 0 Å². The standard InChI is InChI=1S/C7H10O2/c1-3-8-6-5-7(6)9-4-2/h3-4,6-7H,1-2,5H2. The first-order valence-electron chi connectivity index (χ1n) is 2.91. The molecule has 0 amide bonds. The highest BCUT2D eigenvalue weighted by atomic mass is 16.6. The van der Waals surface area contributed by atoms with E-state index in [0.29, 0.717) is 0 Å². The summed E-state index contributed by atoms with van der Waals surface area (Å²) in [5.74, 6) is 0. The summed E-state index contributed by atoms with van der Waals surface area (Å²) < 4.78 is 10.0. The maximum atomic E-state index is 5.01. The number of rotatable bonds is 4.